The SMILES string of the molecule is CCCNC(COCC(F)(F)F)c1c(Cl)cnn1C(C)C. The first-order valence-corrected chi connectivity index (χ1v) is 7.24. The molecule has 0 radical (unpaired) electrons. The molecule has 1 unspecified atom stereocenters. The second-order valence-electron chi connectivity index (χ2n) is 5.05. The summed E-state index contributed by atoms with van der Waals surface area (Å²) in [6.45, 7) is 5.10. The van der Waals surface area contributed by atoms with E-state index in [9.17, 15) is 13.2 Å². The van der Waals surface area contributed by atoms with Gasteiger partial charge in [0.1, 0.15) is 6.61 Å². The van der Waals surface area contributed by atoms with Gasteiger partial charge in [-0.3, -0.25) is 4.68 Å². The van der Waals surface area contributed by atoms with Crippen LogP contribution in [-0.4, -0.2) is 35.7 Å². The van der Waals surface area contributed by atoms with Crippen LogP contribution >= 0.6 is 11.6 Å². The van der Waals surface area contributed by atoms with Gasteiger partial charge in [-0.2, -0.15) is 18.3 Å². The summed E-state index contributed by atoms with van der Waals surface area (Å²) in [5.41, 5.74) is 0.655. The summed E-state index contributed by atoms with van der Waals surface area (Å²) in [5.74, 6) is 0. The summed E-state index contributed by atoms with van der Waals surface area (Å²) in [7, 11) is 0. The molecule has 0 saturated heterocycles. The molecular formula is C13H21ClF3N3O. The Hall–Kier alpha value is -0.790. The number of nitrogens with zero attached hydrogens (tertiary/aromatic N) is 2. The number of rotatable bonds is 8. The van der Waals surface area contributed by atoms with Crippen molar-refractivity contribution in [3.05, 3.63) is 16.9 Å². The maximum absolute atomic E-state index is 12.2. The zero-order valence-corrected chi connectivity index (χ0v) is 13.1. The maximum Gasteiger partial charge on any atom is 0.411 e. The number of nitrogens with one attached hydrogen (secondary N) is 1. The fraction of sp³-hybridized carbons (Fsp3) is 0.769. The first kappa shape index (κ1) is 18.3. The molecule has 21 heavy (non-hydrogen) atoms. The smallest absolute Gasteiger partial charge is 0.370 e. The average molecular weight is 328 g/mol. The molecule has 0 aliphatic rings. The molecule has 1 N–H and O–H groups in total. The van der Waals surface area contributed by atoms with Gasteiger partial charge in [0.25, 0.3) is 0 Å². The van der Waals surface area contributed by atoms with Gasteiger partial charge in [-0.15, -0.1) is 0 Å². The van der Waals surface area contributed by atoms with Gasteiger partial charge in [0, 0.05) is 6.04 Å². The van der Waals surface area contributed by atoms with Crippen molar-refractivity contribution >= 4 is 11.6 Å². The van der Waals surface area contributed by atoms with Crippen molar-refractivity contribution in [3.8, 4) is 0 Å². The van der Waals surface area contributed by atoms with Gasteiger partial charge in [-0.05, 0) is 26.8 Å². The van der Waals surface area contributed by atoms with Gasteiger partial charge in [0.2, 0.25) is 0 Å². The summed E-state index contributed by atoms with van der Waals surface area (Å²) < 4.78 is 43.1. The van der Waals surface area contributed by atoms with E-state index in [1.54, 1.807) is 4.68 Å². The Morgan fingerprint density at radius 2 is 2.10 bits per heavy atom. The third-order valence-electron chi connectivity index (χ3n) is 2.80. The molecule has 0 aliphatic carbocycles. The number of aromatic nitrogens is 2. The van der Waals surface area contributed by atoms with Crippen molar-refractivity contribution in [3.63, 3.8) is 0 Å². The molecule has 0 saturated carbocycles. The number of halogens is 4. The van der Waals surface area contributed by atoms with E-state index >= 15 is 0 Å². The Morgan fingerprint density at radius 3 is 2.62 bits per heavy atom. The Labute approximate surface area is 127 Å². The minimum atomic E-state index is -4.34. The molecule has 1 atom stereocenters. The number of ether oxygens (including phenoxy) is 1. The van der Waals surface area contributed by atoms with Crippen LogP contribution in [0.3, 0.4) is 0 Å². The van der Waals surface area contributed by atoms with Gasteiger partial charge in [0.15, 0.2) is 0 Å². The predicted molar refractivity (Wildman–Crippen MR) is 75.5 cm³/mol. The molecule has 4 nitrogen and oxygen atoms in total. The lowest BCUT2D eigenvalue weighted by Gasteiger charge is -2.22. The van der Waals surface area contributed by atoms with Crippen LogP contribution in [0.2, 0.25) is 5.02 Å². The summed E-state index contributed by atoms with van der Waals surface area (Å²) in [6.07, 6.45) is -1.98. The van der Waals surface area contributed by atoms with Crippen LogP contribution in [0.4, 0.5) is 13.2 Å². The highest BCUT2D eigenvalue weighted by atomic mass is 35.5. The van der Waals surface area contributed by atoms with E-state index in [0.717, 1.165) is 6.42 Å². The third-order valence-corrected chi connectivity index (χ3v) is 3.09. The highest BCUT2D eigenvalue weighted by molar-refractivity contribution is 6.31. The van der Waals surface area contributed by atoms with Crippen molar-refractivity contribution in [1.29, 1.82) is 0 Å². The highest BCUT2D eigenvalue weighted by Crippen LogP contribution is 2.26. The van der Waals surface area contributed by atoms with E-state index < -0.39 is 18.8 Å². The van der Waals surface area contributed by atoms with Crippen LogP contribution < -0.4 is 5.32 Å². The number of hydrogen-bond acceptors (Lipinski definition) is 3. The maximum atomic E-state index is 12.2. The number of hydrogen-bond donors (Lipinski definition) is 1. The van der Waals surface area contributed by atoms with E-state index in [1.165, 1.54) is 6.20 Å². The molecule has 8 heteroatoms. The lowest BCUT2D eigenvalue weighted by atomic mass is 10.2. The summed E-state index contributed by atoms with van der Waals surface area (Å²) in [6, 6.07) is -0.370. The molecule has 0 spiro atoms. The number of alkyl halides is 3. The molecule has 0 aromatic carbocycles. The van der Waals surface area contributed by atoms with Gasteiger partial charge in [-0.25, -0.2) is 0 Å². The topological polar surface area (TPSA) is 39.1 Å². The van der Waals surface area contributed by atoms with Crippen LogP contribution in [-0.2, 0) is 4.74 Å². The van der Waals surface area contributed by atoms with Gasteiger partial charge < -0.3 is 10.1 Å². The van der Waals surface area contributed by atoms with Crippen molar-refractivity contribution in [2.75, 3.05) is 19.8 Å². The molecular weight excluding hydrogens is 307 g/mol. The van der Waals surface area contributed by atoms with Gasteiger partial charge in [-0.1, -0.05) is 18.5 Å². The summed E-state index contributed by atoms with van der Waals surface area (Å²) in [4.78, 5) is 0. The molecule has 0 amide bonds. The average Bonchev–Trinajstić information content (AvgIpc) is 2.74. The van der Waals surface area contributed by atoms with Crippen LogP contribution in [0, 0.1) is 0 Å². The minimum absolute atomic E-state index is 0.0565. The van der Waals surface area contributed by atoms with Crippen molar-refractivity contribution in [2.24, 2.45) is 0 Å². The zero-order chi connectivity index (χ0) is 16.0. The van der Waals surface area contributed by atoms with E-state index in [1.807, 2.05) is 20.8 Å². The molecule has 1 aromatic rings. The first-order chi connectivity index (χ1) is 9.76. The van der Waals surface area contributed by atoms with Crippen LogP contribution in [0.1, 0.15) is 45.0 Å². The Bertz CT molecular complexity index is 435. The Balaban J connectivity index is 2.84. The van der Waals surface area contributed by atoms with Crippen LogP contribution in [0.5, 0.6) is 0 Å². The van der Waals surface area contributed by atoms with Crippen molar-refractivity contribution in [2.45, 2.75) is 45.5 Å². The highest BCUT2D eigenvalue weighted by Gasteiger charge is 2.29. The lowest BCUT2D eigenvalue weighted by molar-refractivity contribution is -0.175. The van der Waals surface area contributed by atoms with E-state index in [2.05, 4.69) is 10.4 Å². The van der Waals surface area contributed by atoms with Crippen LogP contribution in [0.25, 0.3) is 0 Å². The third kappa shape index (κ3) is 5.84. The summed E-state index contributed by atoms with van der Waals surface area (Å²) >= 11 is 6.13. The van der Waals surface area contributed by atoms with Crippen molar-refractivity contribution < 1.29 is 17.9 Å². The Kier molecular flexibility index (Phi) is 6.96. The van der Waals surface area contributed by atoms with E-state index in [4.69, 9.17) is 16.3 Å². The summed E-state index contributed by atoms with van der Waals surface area (Å²) in [5, 5.41) is 7.75. The molecule has 0 aliphatic heterocycles. The predicted octanol–water partition coefficient (Wildman–Crippen LogP) is 3.74. The van der Waals surface area contributed by atoms with Gasteiger partial charge >= 0.3 is 6.18 Å². The molecule has 0 bridgehead atoms. The van der Waals surface area contributed by atoms with E-state index in [-0.39, 0.29) is 12.6 Å². The normalized spacial score (nSPS) is 13.9. The fourth-order valence-electron chi connectivity index (χ4n) is 1.93. The fourth-order valence-corrected chi connectivity index (χ4v) is 2.20. The monoisotopic (exact) mass is 327 g/mol. The molecule has 1 rings (SSSR count). The molecule has 1 heterocycles. The first-order valence-electron chi connectivity index (χ1n) is 6.87. The molecule has 0 fully saturated rings. The van der Waals surface area contributed by atoms with Crippen LogP contribution in [0.15, 0.2) is 6.20 Å². The van der Waals surface area contributed by atoms with Gasteiger partial charge in [0.05, 0.1) is 29.6 Å². The second kappa shape index (κ2) is 8.00. The second-order valence-corrected chi connectivity index (χ2v) is 5.46. The molecule has 1 aromatic heterocycles. The largest absolute Gasteiger partial charge is 0.411 e. The lowest BCUT2D eigenvalue weighted by Crippen LogP contribution is -2.31. The van der Waals surface area contributed by atoms with E-state index in [0.29, 0.717) is 17.3 Å². The molecule has 122 valence electrons. The van der Waals surface area contributed by atoms with Crippen molar-refractivity contribution in [1.82, 2.24) is 15.1 Å². The Morgan fingerprint density at radius 1 is 1.43 bits per heavy atom. The quantitative estimate of drug-likeness (QED) is 0.790. The zero-order valence-electron chi connectivity index (χ0n) is 12.4. The standard InChI is InChI=1S/C13H21ClF3N3O/c1-4-5-18-11(7-21-8-13(15,16)17)12-10(14)6-19-20(12)9(2)3/h6,9,11,18H,4-5,7-8H2,1-3H3. The minimum Gasteiger partial charge on any atom is -0.370 e.